The summed E-state index contributed by atoms with van der Waals surface area (Å²) in [6.45, 7) is 3.30. The van der Waals surface area contributed by atoms with Crippen LogP contribution in [0.3, 0.4) is 0 Å². The molecule has 0 unspecified atom stereocenters. The largest absolute Gasteiger partial charge is 0.493 e. The number of benzene rings is 2. The Morgan fingerprint density at radius 2 is 1.64 bits per heavy atom. The van der Waals surface area contributed by atoms with Gasteiger partial charge in [-0.1, -0.05) is 62.1 Å². The van der Waals surface area contributed by atoms with Crippen LogP contribution in [0, 0.1) is 5.92 Å². The molecule has 5 nitrogen and oxygen atoms in total. The van der Waals surface area contributed by atoms with Crippen molar-refractivity contribution in [2.45, 2.75) is 70.6 Å². The van der Waals surface area contributed by atoms with Crippen LogP contribution in [0.2, 0.25) is 0 Å². The number of hydrogen-bond donors (Lipinski definition) is 1. The highest BCUT2D eigenvalue weighted by Crippen LogP contribution is 2.30. The van der Waals surface area contributed by atoms with E-state index in [0.29, 0.717) is 12.6 Å². The van der Waals surface area contributed by atoms with E-state index in [-0.39, 0.29) is 11.8 Å². The van der Waals surface area contributed by atoms with E-state index in [1.54, 1.807) is 7.11 Å². The van der Waals surface area contributed by atoms with Gasteiger partial charge in [-0.15, -0.1) is 0 Å². The first-order valence-corrected chi connectivity index (χ1v) is 12.6. The lowest BCUT2D eigenvalue weighted by Crippen LogP contribution is -2.43. The van der Waals surface area contributed by atoms with Crippen molar-refractivity contribution in [2.75, 3.05) is 20.2 Å². The van der Waals surface area contributed by atoms with Gasteiger partial charge >= 0.3 is 0 Å². The van der Waals surface area contributed by atoms with Crippen molar-refractivity contribution in [3.05, 3.63) is 59.7 Å². The molecule has 4 rings (SSSR count). The van der Waals surface area contributed by atoms with Gasteiger partial charge in [0.2, 0.25) is 5.91 Å². The normalized spacial score (nSPS) is 18.5. The Morgan fingerprint density at radius 3 is 2.33 bits per heavy atom. The monoisotopic (exact) mass is 450 g/mol. The number of likely N-dealkylation sites (tertiary alicyclic amines) is 1. The number of methoxy groups -OCH3 is 1. The number of rotatable bonds is 8. The molecule has 0 aromatic heterocycles. The fourth-order valence-corrected chi connectivity index (χ4v) is 5.02. The first-order valence-electron chi connectivity index (χ1n) is 12.6. The second kappa shape index (κ2) is 12.1. The van der Waals surface area contributed by atoms with Gasteiger partial charge in [-0.3, -0.25) is 9.69 Å². The summed E-state index contributed by atoms with van der Waals surface area (Å²) in [5, 5.41) is 3.35. The molecule has 1 saturated heterocycles. The highest BCUT2D eigenvalue weighted by molar-refractivity contribution is 5.79. The Morgan fingerprint density at radius 1 is 0.909 bits per heavy atom. The van der Waals surface area contributed by atoms with E-state index in [9.17, 15) is 4.79 Å². The Bertz CT molecular complexity index is 870. The molecule has 2 fully saturated rings. The van der Waals surface area contributed by atoms with Gasteiger partial charge in [0.1, 0.15) is 6.61 Å². The Kier molecular flexibility index (Phi) is 8.65. The predicted molar refractivity (Wildman–Crippen MR) is 131 cm³/mol. The maximum atomic E-state index is 12.8. The molecule has 1 saturated carbocycles. The molecule has 5 heteroatoms. The number of amides is 1. The van der Waals surface area contributed by atoms with Gasteiger partial charge in [0.15, 0.2) is 11.5 Å². The predicted octanol–water partition coefficient (Wildman–Crippen LogP) is 5.33. The Labute approximate surface area is 198 Å². The zero-order chi connectivity index (χ0) is 22.9. The summed E-state index contributed by atoms with van der Waals surface area (Å²) >= 11 is 0. The van der Waals surface area contributed by atoms with Crippen LogP contribution in [0.15, 0.2) is 48.5 Å². The van der Waals surface area contributed by atoms with E-state index < -0.39 is 0 Å². The molecule has 0 atom stereocenters. The van der Waals surface area contributed by atoms with Crippen molar-refractivity contribution in [1.82, 2.24) is 10.2 Å². The summed E-state index contributed by atoms with van der Waals surface area (Å²) in [6.07, 6.45) is 9.31. The molecule has 33 heavy (non-hydrogen) atoms. The zero-order valence-electron chi connectivity index (χ0n) is 19.9. The highest BCUT2D eigenvalue weighted by atomic mass is 16.5. The second-order valence-corrected chi connectivity index (χ2v) is 9.51. The minimum absolute atomic E-state index is 0.160. The number of carbonyl (C=O) groups is 1. The van der Waals surface area contributed by atoms with Crippen LogP contribution < -0.4 is 14.8 Å². The van der Waals surface area contributed by atoms with Crippen LogP contribution in [0.5, 0.6) is 11.5 Å². The van der Waals surface area contributed by atoms with Crippen LogP contribution in [0.4, 0.5) is 0 Å². The molecule has 1 aliphatic heterocycles. The number of piperidine rings is 1. The summed E-state index contributed by atoms with van der Waals surface area (Å²) in [5.41, 5.74) is 2.34. The summed E-state index contributed by atoms with van der Waals surface area (Å²) < 4.78 is 11.6. The average molecular weight is 451 g/mol. The molecule has 0 bridgehead atoms. The third-order valence-corrected chi connectivity index (χ3v) is 7.03. The molecule has 2 aliphatic rings. The van der Waals surface area contributed by atoms with Gasteiger partial charge in [0.25, 0.3) is 0 Å². The smallest absolute Gasteiger partial charge is 0.223 e. The van der Waals surface area contributed by atoms with Crippen LogP contribution in [0.1, 0.15) is 62.5 Å². The van der Waals surface area contributed by atoms with E-state index in [0.717, 1.165) is 62.4 Å². The Balaban J connectivity index is 1.25. The molecule has 1 aliphatic carbocycles. The summed E-state index contributed by atoms with van der Waals surface area (Å²) in [7, 11) is 1.69. The van der Waals surface area contributed by atoms with Crippen molar-refractivity contribution >= 4 is 5.91 Å². The van der Waals surface area contributed by atoms with Gasteiger partial charge in [0, 0.05) is 18.5 Å². The quantitative estimate of drug-likeness (QED) is 0.553. The summed E-state index contributed by atoms with van der Waals surface area (Å²) in [4.78, 5) is 15.2. The van der Waals surface area contributed by atoms with Gasteiger partial charge in [-0.25, -0.2) is 0 Å². The molecular weight excluding hydrogens is 412 g/mol. The molecule has 2 aromatic carbocycles. The SMILES string of the molecule is COc1cc(CN2CCC(C(=O)NC3CCCCCC3)CC2)ccc1OCc1ccccc1. The van der Waals surface area contributed by atoms with Crippen LogP contribution in [-0.4, -0.2) is 37.0 Å². The number of nitrogens with zero attached hydrogens (tertiary/aromatic N) is 1. The van der Waals surface area contributed by atoms with Gasteiger partial charge < -0.3 is 14.8 Å². The molecule has 1 heterocycles. The number of ether oxygens (including phenoxy) is 2. The molecule has 2 aromatic rings. The fraction of sp³-hybridized carbons (Fsp3) is 0.536. The molecular formula is C28H38N2O3. The minimum atomic E-state index is 0.160. The fourth-order valence-electron chi connectivity index (χ4n) is 5.02. The molecule has 1 amide bonds. The van der Waals surface area contributed by atoms with Crippen molar-refractivity contribution in [3.63, 3.8) is 0 Å². The lowest BCUT2D eigenvalue weighted by atomic mass is 9.94. The summed E-state index contributed by atoms with van der Waals surface area (Å²) in [5.74, 6) is 1.97. The maximum Gasteiger partial charge on any atom is 0.223 e. The van der Waals surface area contributed by atoms with Gasteiger partial charge in [-0.05, 0) is 62.0 Å². The Hall–Kier alpha value is -2.53. The lowest BCUT2D eigenvalue weighted by molar-refractivity contribution is -0.127. The topological polar surface area (TPSA) is 50.8 Å². The maximum absolute atomic E-state index is 12.8. The van der Waals surface area contributed by atoms with Crippen molar-refractivity contribution < 1.29 is 14.3 Å². The number of nitrogens with one attached hydrogen (secondary N) is 1. The third kappa shape index (κ3) is 6.97. The van der Waals surface area contributed by atoms with E-state index in [1.165, 1.54) is 31.2 Å². The molecule has 1 N–H and O–H groups in total. The van der Waals surface area contributed by atoms with E-state index in [1.807, 2.05) is 24.3 Å². The van der Waals surface area contributed by atoms with E-state index >= 15 is 0 Å². The summed E-state index contributed by atoms with van der Waals surface area (Å²) in [6, 6.07) is 16.7. The molecule has 0 spiro atoms. The lowest BCUT2D eigenvalue weighted by Gasteiger charge is -2.32. The minimum Gasteiger partial charge on any atom is -0.493 e. The van der Waals surface area contributed by atoms with Gasteiger partial charge in [-0.2, -0.15) is 0 Å². The van der Waals surface area contributed by atoms with Crippen molar-refractivity contribution in [2.24, 2.45) is 5.92 Å². The standard InChI is InChI=1S/C28H38N2O3/c1-32-27-19-23(13-14-26(27)33-21-22-9-5-4-6-10-22)20-30-17-15-24(16-18-30)28(31)29-25-11-7-2-3-8-12-25/h4-6,9-10,13-14,19,24-25H,2-3,7-8,11-12,15-18,20-21H2,1H3,(H,29,31). The van der Waals surface area contributed by atoms with Crippen molar-refractivity contribution in [3.8, 4) is 11.5 Å². The first kappa shape index (κ1) is 23.6. The molecule has 178 valence electrons. The average Bonchev–Trinajstić information content (AvgIpc) is 3.13. The molecule has 0 radical (unpaired) electrons. The third-order valence-electron chi connectivity index (χ3n) is 7.03. The first-order chi connectivity index (χ1) is 16.2. The number of hydrogen-bond acceptors (Lipinski definition) is 4. The van der Waals surface area contributed by atoms with Crippen LogP contribution in [0.25, 0.3) is 0 Å². The zero-order valence-corrected chi connectivity index (χ0v) is 19.9. The van der Waals surface area contributed by atoms with Crippen LogP contribution >= 0.6 is 0 Å². The number of carbonyl (C=O) groups excluding carboxylic acids is 1. The van der Waals surface area contributed by atoms with Crippen molar-refractivity contribution in [1.29, 1.82) is 0 Å². The van der Waals surface area contributed by atoms with E-state index in [2.05, 4.69) is 34.5 Å². The highest BCUT2D eigenvalue weighted by Gasteiger charge is 2.27. The second-order valence-electron chi connectivity index (χ2n) is 9.51. The van der Waals surface area contributed by atoms with Crippen LogP contribution in [-0.2, 0) is 17.9 Å². The van der Waals surface area contributed by atoms with E-state index in [4.69, 9.17) is 9.47 Å². The van der Waals surface area contributed by atoms with Gasteiger partial charge in [0.05, 0.1) is 7.11 Å².